The molecule has 0 bridgehead atoms. The minimum absolute atomic E-state index is 0.368. The summed E-state index contributed by atoms with van der Waals surface area (Å²) < 4.78 is 21.3. The van der Waals surface area contributed by atoms with Crippen LogP contribution in [0.2, 0.25) is 0 Å². The molecule has 0 amide bonds. The summed E-state index contributed by atoms with van der Waals surface area (Å²) in [5.74, 6) is 0.736. The van der Waals surface area contributed by atoms with Gasteiger partial charge in [-0.3, -0.25) is 0 Å². The molecule has 0 aromatic rings. The molecule has 1 radical (unpaired) electrons. The fourth-order valence-corrected chi connectivity index (χ4v) is 2.03. The standard InChI is InChI=1S/C5H9O2S/c6-8(7)4-2-1-3-5-8/h1H,2-5H2. The first-order valence-corrected chi connectivity index (χ1v) is 4.55. The molecule has 0 unspecified atom stereocenters. The van der Waals surface area contributed by atoms with Crippen LogP contribution in [0.5, 0.6) is 0 Å². The van der Waals surface area contributed by atoms with Crippen LogP contribution >= 0.6 is 0 Å². The maximum absolute atomic E-state index is 10.6. The highest BCUT2D eigenvalue weighted by atomic mass is 32.2. The van der Waals surface area contributed by atoms with Crippen molar-refractivity contribution in [3.05, 3.63) is 6.42 Å². The average molecular weight is 133 g/mol. The molecule has 0 atom stereocenters. The lowest BCUT2D eigenvalue weighted by atomic mass is 10.3. The van der Waals surface area contributed by atoms with E-state index in [2.05, 4.69) is 0 Å². The van der Waals surface area contributed by atoms with Crippen molar-refractivity contribution >= 4 is 9.84 Å². The Balaban J connectivity index is 2.58. The normalized spacial score (nSPS) is 27.5. The van der Waals surface area contributed by atoms with Crippen LogP contribution in [0.3, 0.4) is 0 Å². The zero-order valence-electron chi connectivity index (χ0n) is 4.63. The van der Waals surface area contributed by atoms with Crippen LogP contribution in [-0.2, 0) is 9.84 Å². The molecule has 47 valence electrons. The van der Waals surface area contributed by atoms with Gasteiger partial charge in [-0.2, -0.15) is 0 Å². The Bertz CT molecular complexity index is 145. The smallest absolute Gasteiger partial charge is 0.150 e. The van der Waals surface area contributed by atoms with Crippen molar-refractivity contribution in [2.45, 2.75) is 12.8 Å². The van der Waals surface area contributed by atoms with E-state index in [1.165, 1.54) is 0 Å². The first-order valence-electron chi connectivity index (χ1n) is 2.73. The van der Waals surface area contributed by atoms with Gasteiger partial charge in [0.15, 0.2) is 0 Å². The summed E-state index contributed by atoms with van der Waals surface area (Å²) in [6.07, 6.45) is 3.53. The Morgan fingerprint density at radius 3 is 1.88 bits per heavy atom. The van der Waals surface area contributed by atoms with Crippen molar-refractivity contribution in [2.75, 3.05) is 11.5 Å². The van der Waals surface area contributed by atoms with E-state index >= 15 is 0 Å². The molecule has 0 spiro atoms. The van der Waals surface area contributed by atoms with E-state index in [-0.39, 0.29) is 0 Å². The lowest BCUT2D eigenvalue weighted by Gasteiger charge is -2.08. The molecule has 8 heavy (non-hydrogen) atoms. The van der Waals surface area contributed by atoms with Gasteiger partial charge in [0.1, 0.15) is 9.84 Å². The molecule has 0 aromatic carbocycles. The molecule has 0 aromatic heterocycles. The van der Waals surface area contributed by atoms with Gasteiger partial charge in [-0.25, -0.2) is 8.42 Å². The summed E-state index contributed by atoms with van der Waals surface area (Å²) in [6.45, 7) is 0. The van der Waals surface area contributed by atoms with Crippen LogP contribution in [0, 0.1) is 6.42 Å². The second-order valence-corrected chi connectivity index (χ2v) is 4.32. The van der Waals surface area contributed by atoms with Crippen LogP contribution in [0.15, 0.2) is 0 Å². The van der Waals surface area contributed by atoms with Crippen molar-refractivity contribution < 1.29 is 8.42 Å². The third-order valence-corrected chi connectivity index (χ3v) is 2.98. The molecular weight excluding hydrogens is 124 g/mol. The molecule has 1 fully saturated rings. The van der Waals surface area contributed by atoms with Crippen molar-refractivity contribution in [1.82, 2.24) is 0 Å². The highest BCUT2D eigenvalue weighted by molar-refractivity contribution is 7.91. The van der Waals surface area contributed by atoms with Crippen molar-refractivity contribution in [3.63, 3.8) is 0 Å². The van der Waals surface area contributed by atoms with Crippen molar-refractivity contribution in [2.24, 2.45) is 0 Å². The molecule has 0 aliphatic carbocycles. The molecule has 2 nitrogen and oxygen atoms in total. The summed E-state index contributed by atoms with van der Waals surface area (Å²) in [5.41, 5.74) is 0. The van der Waals surface area contributed by atoms with E-state index in [0.29, 0.717) is 11.5 Å². The van der Waals surface area contributed by atoms with E-state index in [1.54, 1.807) is 0 Å². The lowest BCUT2D eigenvalue weighted by Crippen LogP contribution is -2.16. The number of sulfone groups is 1. The van der Waals surface area contributed by atoms with Crippen LogP contribution in [0.25, 0.3) is 0 Å². The van der Waals surface area contributed by atoms with Gasteiger partial charge < -0.3 is 0 Å². The SMILES string of the molecule is O=S1(=O)CC[CH]CC1. The van der Waals surface area contributed by atoms with Gasteiger partial charge in [0.2, 0.25) is 0 Å². The van der Waals surface area contributed by atoms with Crippen LogP contribution in [-0.4, -0.2) is 19.9 Å². The van der Waals surface area contributed by atoms with Gasteiger partial charge in [0.25, 0.3) is 0 Å². The van der Waals surface area contributed by atoms with Gasteiger partial charge in [-0.1, -0.05) is 0 Å². The molecule has 1 aliphatic heterocycles. The van der Waals surface area contributed by atoms with Gasteiger partial charge in [0.05, 0.1) is 11.5 Å². The first kappa shape index (κ1) is 6.08. The molecule has 3 heteroatoms. The Kier molecular flexibility index (Phi) is 1.56. The van der Waals surface area contributed by atoms with Gasteiger partial charge in [0, 0.05) is 0 Å². The highest BCUT2D eigenvalue weighted by Crippen LogP contribution is 2.08. The Morgan fingerprint density at radius 1 is 1.12 bits per heavy atom. The fraction of sp³-hybridized carbons (Fsp3) is 0.800. The van der Waals surface area contributed by atoms with E-state index in [4.69, 9.17) is 0 Å². The predicted octanol–water partition coefficient (Wildman–Crippen LogP) is 0.399. The molecular formula is C5H9O2S. The van der Waals surface area contributed by atoms with Crippen LogP contribution in [0.4, 0.5) is 0 Å². The molecule has 0 saturated carbocycles. The summed E-state index contributed by atoms with van der Waals surface area (Å²) in [6, 6.07) is 0. The lowest BCUT2D eigenvalue weighted by molar-refractivity contribution is 0.588. The third-order valence-electron chi connectivity index (χ3n) is 1.27. The number of rotatable bonds is 0. The van der Waals surface area contributed by atoms with E-state index in [1.807, 2.05) is 6.42 Å². The molecule has 1 saturated heterocycles. The maximum atomic E-state index is 10.6. The second-order valence-electron chi connectivity index (χ2n) is 2.02. The van der Waals surface area contributed by atoms with Gasteiger partial charge in [-0.15, -0.1) is 0 Å². The van der Waals surface area contributed by atoms with Crippen molar-refractivity contribution in [1.29, 1.82) is 0 Å². The summed E-state index contributed by atoms with van der Waals surface area (Å²) in [7, 11) is -2.61. The molecule has 1 rings (SSSR count). The van der Waals surface area contributed by atoms with Crippen LogP contribution in [0.1, 0.15) is 12.8 Å². The molecule has 1 aliphatic rings. The van der Waals surface area contributed by atoms with E-state index in [0.717, 1.165) is 12.8 Å². The van der Waals surface area contributed by atoms with Crippen molar-refractivity contribution in [3.8, 4) is 0 Å². The highest BCUT2D eigenvalue weighted by Gasteiger charge is 2.14. The second kappa shape index (κ2) is 2.05. The maximum Gasteiger partial charge on any atom is 0.150 e. The molecule has 1 heterocycles. The minimum atomic E-state index is -2.61. The summed E-state index contributed by atoms with van der Waals surface area (Å²) in [5, 5.41) is 0. The zero-order chi connectivity index (χ0) is 6.04. The summed E-state index contributed by atoms with van der Waals surface area (Å²) >= 11 is 0. The Hall–Kier alpha value is -0.0500. The van der Waals surface area contributed by atoms with Gasteiger partial charge in [-0.05, 0) is 19.3 Å². The Labute approximate surface area is 49.8 Å². The minimum Gasteiger partial charge on any atom is -0.229 e. The monoisotopic (exact) mass is 133 g/mol. The average Bonchev–Trinajstić information content (AvgIpc) is 1.65. The predicted molar refractivity (Wildman–Crippen MR) is 32.2 cm³/mol. The largest absolute Gasteiger partial charge is 0.229 e. The topological polar surface area (TPSA) is 34.1 Å². The zero-order valence-corrected chi connectivity index (χ0v) is 5.45. The number of hydrogen-bond acceptors (Lipinski definition) is 2. The van der Waals surface area contributed by atoms with E-state index < -0.39 is 9.84 Å². The third kappa shape index (κ3) is 1.47. The summed E-state index contributed by atoms with van der Waals surface area (Å²) in [4.78, 5) is 0. The van der Waals surface area contributed by atoms with Gasteiger partial charge >= 0.3 is 0 Å². The van der Waals surface area contributed by atoms with Crippen LogP contribution < -0.4 is 0 Å². The quantitative estimate of drug-likeness (QED) is 0.479. The fourth-order valence-electron chi connectivity index (χ4n) is 0.772. The number of hydrogen-bond donors (Lipinski definition) is 0. The molecule has 0 N–H and O–H groups in total. The first-order chi connectivity index (χ1) is 3.71. The van der Waals surface area contributed by atoms with E-state index in [9.17, 15) is 8.42 Å². The Morgan fingerprint density at radius 2 is 1.62 bits per heavy atom.